The number of pyridine rings is 1. The van der Waals surface area contributed by atoms with Crippen LogP contribution in [0, 0.1) is 5.41 Å². The number of ether oxygens (including phenoxy) is 2. The Morgan fingerprint density at radius 3 is 2.41 bits per heavy atom. The van der Waals surface area contributed by atoms with E-state index in [-0.39, 0.29) is 17.8 Å². The summed E-state index contributed by atoms with van der Waals surface area (Å²) in [6, 6.07) is 2.51. The summed E-state index contributed by atoms with van der Waals surface area (Å²) in [6.45, 7) is 0.430. The Bertz CT molecular complexity index is 1490. The zero-order valence-corrected chi connectivity index (χ0v) is 23.2. The Morgan fingerprint density at radius 2 is 1.83 bits per heavy atom. The fourth-order valence-electron chi connectivity index (χ4n) is 5.56. The van der Waals surface area contributed by atoms with Crippen molar-refractivity contribution in [3.05, 3.63) is 69.2 Å². The number of aromatic nitrogens is 2. The molecule has 2 aliphatic heterocycles. The summed E-state index contributed by atoms with van der Waals surface area (Å²) in [5, 5.41) is 14.3. The standard InChI is InChI=1S/C29H25Cl2F3N2O5/c30-21-12-35-13-22(31)23(21)24-20(25(41-36-24)16-1-2-16)3-4-27-5-7-28(8-6-27,40-14-27)15-39-19-10-17(26(37)38)9-18(11-19)29(32,33)34/h3-4,9-13,16H,1-2,5-8,14-15H2,(H,37,38)/b4-3+. The zero-order chi connectivity index (χ0) is 29.0. The van der Waals surface area contributed by atoms with Gasteiger partial charge in [0.25, 0.3) is 0 Å². The number of rotatable bonds is 8. The summed E-state index contributed by atoms with van der Waals surface area (Å²) in [4.78, 5) is 15.4. The van der Waals surface area contributed by atoms with Crippen LogP contribution in [0.3, 0.4) is 0 Å². The third kappa shape index (κ3) is 5.57. The van der Waals surface area contributed by atoms with E-state index in [4.69, 9.17) is 37.2 Å². The number of carboxylic acid groups (broad SMARTS) is 1. The summed E-state index contributed by atoms with van der Waals surface area (Å²) in [5.74, 6) is -0.521. The van der Waals surface area contributed by atoms with Gasteiger partial charge in [-0.15, -0.1) is 0 Å². The van der Waals surface area contributed by atoms with E-state index < -0.39 is 28.9 Å². The second kappa shape index (κ2) is 10.3. The maximum Gasteiger partial charge on any atom is 0.416 e. The van der Waals surface area contributed by atoms with E-state index in [1.165, 1.54) is 12.4 Å². The van der Waals surface area contributed by atoms with Crippen LogP contribution in [0.2, 0.25) is 10.0 Å². The minimum Gasteiger partial charge on any atom is -0.491 e. The largest absolute Gasteiger partial charge is 0.491 e. The molecular formula is C29H25Cl2F3N2O5. The Labute approximate surface area is 243 Å². The molecule has 1 N–H and O–H groups in total. The van der Waals surface area contributed by atoms with Crippen molar-refractivity contribution in [3.8, 4) is 17.0 Å². The number of nitrogens with zero attached hydrogens (tertiary/aromatic N) is 2. The van der Waals surface area contributed by atoms with Crippen LogP contribution in [0.25, 0.3) is 17.3 Å². The van der Waals surface area contributed by atoms with Gasteiger partial charge in [0.15, 0.2) is 0 Å². The quantitative estimate of drug-likeness (QED) is 0.276. The van der Waals surface area contributed by atoms with Crippen molar-refractivity contribution in [3.63, 3.8) is 0 Å². The van der Waals surface area contributed by atoms with Crippen LogP contribution >= 0.6 is 23.2 Å². The van der Waals surface area contributed by atoms with Crippen molar-refractivity contribution in [1.29, 1.82) is 0 Å². The molecule has 4 heterocycles. The molecule has 2 bridgehead atoms. The predicted octanol–water partition coefficient (Wildman–Crippen LogP) is 8.06. The van der Waals surface area contributed by atoms with E-state index in [9.17, 15) is 23.1 Å². The van der Waals surface area contributed by atoms with Gasteiger partial charge in [-0.2, -0.15) is 13.2 Å². The Hall–Kier alpha value is -3.08. The highest BCUT2D eigenvalue weighted by atomic mass is 35.5. The van der Waals surface area contributed by atoms with Crippen LogP contribution in [0.15, 0.2) is 41.2 Å². The van der Waals surface area contributed by atoms with Crippen molar-refractivity contribution >= 4 is 35.2 Å². The lowest BCUT2D eigenvalue weighted by Crippen LogP contribution is -2.53. The maximum absolute atomic E-state index is 13.3. The topological polar surface area (TPSA) is 94.7 Å². The Balaban J connectivity index is 1.19. The molecule has 0 amide bonds. The molecule has 0 atom stereocenters. The summed E-state index contributed by atoms with van der Waals surface area (Å²) < 4.78 is 57.6. The van der Waals surface area contributed by atoms with Gasteiger partial charge in [0, 0.05) is 34.9 Å². The first-order valence-corrected chi connectivity index (χ1v) is 13.9. The lowest BCUT2D eigenvalue weighted by Gasteiger charge is -2.51. The highest BCUT2D eigenvalue weighted by Crippen LogP contribution is 2.51. The number of aromatic carboxylic acids is 1. The summed E-state index contributed by atoms with van der Waals surface area (Å²) >= 11 is 12.9. The average molecular weight is 609 g/mol. The van der Waals surface area contributed by atoms with E-state index in [2.05, 4.69) is 16.2 Å². The molecule has 2 aromatic heterocycles. The van der Waals surface area contributed by atoms with Crippen LogP contribution in [-0.4, -0.2) is 40.0 Å². The number of benzene rings is 1. The molecular weight excluding hydrogens is 584 g/mol. The van der Waals surface area contributed by atoms with Crippen molar-refractivity contribution in [2.24, 2.45) is 5.41 Å². The van der Waals surface area contributed by atoms with Crippen molar-refractivity contribution in [1.82, 2.24) is 10.1 Å². The first-order chi connectivity index (χ1) is 19.5. The van der Waals surface area contributed by atoms with Crippen LogP contribution in [0.1, 0.15) is 71.7 Å². The number of fused-ring (bicyclic) bond motifs is 3. The maximum atomic E-state index is 13.3. The van der Waals surface area contributed by atoms with Gasteiger partial charge in [0.2, 0.25) is 0 Å². The Kier molecular flexibility index (Phi) is 7.07. The molecule has 12 heteroatoms. The van der Waals surface area contributed by atoms with Gasteiger partial charge >= 0.3 is 12.1 Å². The van der Waals surface area contributed by atoms with Crippen LogP contribution in [0.5, 0.6) is 5.75 Å². The van der Waals surface area contributed by atoms with Crippen LogP contribution in [-0.2, 0) is 10.9 Å². The average Bonchev–Trinajstić information content (AvgIpc) is 3.71. The molecule has 2 saturated heterocycles. The lowest BCUT2D eigenvalue weighted by molar-refractivity contribution is -0.181. The van der Waals surface area contributed by atoms with E-state index in [0.717, 1.165) is 49.1 Å². The number of carboxylic acids is 1. The molecule has 216 valence electrons. The molecule has 0 unspecified atom stereocenters. The molecule has 4 fully saturated rings. The first-order valence-electron chi connectivity index (χ1n) is 13.2. The molecule has 0 radical (unpaired) electrons. The van der Waals surface area contributed by atoms with Gasteiger partial charge in [-0.05, 0) is 56.7 Å². The molecule has 41 heavy (non-hydrogen) atoms. The minimum atomic E-state index is -4.70. The molecule has 3 aromatic rings. The molecule has 1 aromatic carbocycles. The third-order valence-corrected chi connectivity index (χ3v) is 8.78. The SMILES string of the molecule is O=C(O)c1cc(OCC23CCC(/C=C/c4c(-c5c(Cl)cncc5Cl)noc4C4CC4)(CC2)CO3)cc(C(F)(F)F)c1. The van der Waals surface area contributed by atoms with E-state index in [0.29, 0.717) is 52.7 Å². The summed E-state index contributed by atoms with van der Waals surface area (Å²) in [7, 11) is 0. The fourth-order valence-corrected chi connectivity index (χ4v) is 6.11. The van der Waals surface area contributed by atoms with Gasteiger partial charge in [0.05, 0.1) is 27.8 Å². The fraction of sp³-hybridized carbons (Fsp3) is 0.414. The molecule has 7 rings (SSSR count). The molecule has 7 nitrogen and oxygen atoms in total. The number of hydrogen-bond acceptors (Lipinski definition) is 6. The molecule has 0 spiro atoms. The third-order valence-electron chi connectivity index (χ3n) is 8.20. The normalized spacial score (nSPS) is 24.2. The van der Waals surface area contributed by atoms with Crippen molar-refractivity contribution in [2.45, 2.75) is 56.2 Å². The van der Waals surface area contributed by atoms with E-state index in [1.807, 2.05) is 6.08 Å². The summed E-state index contributed by atoms with van der Waals surface area (Å²) in [5.41, 5.74) is -0.498. The highest BCUT2D eigenvalue weighted by molar-refractivity contribution is 6.39. The van der Waals surface area contributed by atoms with Crippen LogP contribution < -0.4 is 4.74 Å². The highest BCUT2D eigenvalue weighted by Gasteiger charge is 2.49. The Morgan fingerprint density at radius 1 is 1.12 bits per heavy atom. The molecule has 2 aliphatic carbocycles. The smallest absolute Gasteiger partial charge is 0.416 e. The van der Waals surface area contributed by atoms with E-state index >= 15 is 0 Å². The van der Waals surface area contributed by atoms with Crippen LogP contribution in [0.4, 0.5) is 13.2 Å². The molecule has 4 aliphatic rings. The second-order valence-electron chi connectivity index (χ2n) is 11.1. The van der Waals surface area contributed by atoms with Gasteiger partial charge < -0.3 is 19.1 Å². The van der Waals surface area contributed by atoms with Gasteiger partial charge in [0.1, 0.15) is 29.4 Å². The van der Waals surface area contributed by atoms with Gasteiger partial charge in [-0.25, -0.2) is 4.79 Å². The lowest BCUT2D eigenvalue weighted by atomic mass is 9.66. The molecule has 2 saturated carbocycles. The minimum absolute atomic E-state index is 0.0217. The van der Waals surface area contributed by atoms with Crippen molar-refractivity contribution in [2.75, 3.05) is 13.2 Å². The number of alkyl halides is 3. The first kappa shape index (κ1) is 28.1. The number of hydrogen-bond donors (Lipinski definition) is 1. The van der Waals surface area contributed by atoms with Gasteiger partial charge in [-0.1, -0.05) is 40.5 Å². The number of halogens is 5. The monoisotopic (exact) mass is 608 g/mol. The predicted molar refractivity (Wildman–Crippen MR) is 144 cm³/mol. The summed E-state index contributed by atoms with van der Waals surface area (Å²) in [6.07, 6.45) is 7.35. The van der Waals surface area contributed by atoms with Crippen molar-refractivity contribution < 1.29 is 37.1 Å². The zero-order valence-electron chi connectivity index (χ0n) is 21.6. The van der Waals surface area contributed by atoms with E-state index in [1.54, 1.807) is 0 Å². The second-order valence-corrected chi connectivity index (χ2v) is 11.9. The van der Waals surface area contributed by atoms with Gasteiger partial charge in [-0.3, -0.25) is 4.98 Å². The number of carbonyl (C=O) groups is 1.